The molecule has 0 spiro atoms. The molecule has 1 aliphatic heterocycles. The molecular weight excluding hydrogens is 324 g/mol. The summed E-state index contributed by atoms with van der Waals surface area (Å²) in [5.74, 6) is 1.06. The number of nitrogens with zero attached hydrogens (tertiary/aromatic N) is 4. The van der Waals surface area contributed by atoms with E-state index in [1.165, 1.54) is 10.4 Å². The maximum Gasteiger partial charge on any atom is 0.227 e. The molecule has 7 heteroatoms. The van der Waals surface area contributed by atoms with E-state index >= 15 is 0 Å². The van der Waals surface area contributed by atoms with Crippen LogP contribution in [0.3, 0.4) is 0 Å². The van der Waals surface area contributed by atoms with Crippen LogP contribution in [0, 0.1) is 0 Å². The van der Waals surface area contributed by atoms with Crippen molar-refractivity contribution in [3.05, 3.63) is 52.2 Å². The number of thiophene rings is 1. The minimum Gasteiger partial charge on any atom is -0.339 e. The first kappa shape index (κ1) is 15.0. The molecule has 3 aromatic rings. The monoisotopic (exact) mass is 340 g/mol. The van der Waals surface area contributed by atoms with Crippen LogP contribution in [0.5, 0.6) is 0 Å². The van der Waals surface area contributed by atoms with Gasteiger partial charge in [-0.3, -0.25) is 9.78 Å². The Morgan fingerprint density at radius 2 is 2.29 bits per heavy atom. The Kier molecular flexibility index (Phi) is 4.08. The van der Waals surface area contributed by atoms with Crippen LogP contribution < -0.4 is 0 Å². The highest BCUT2D eigenvalue weighted by molar-refractivity contribution is 7.10. The van der Waals surface area contributed by atoms with Crippen molar-refractivity contribution in [2.45, 2.75) is 25.8 Å². The van der Waals surface area contributed by atoms with Crippen LogP contribution >= 0.6 is 11.3 Å². The summed E-state index contributed by atoms with van der Waals surface area (Å²) in [5.41, 5.74) is 1.94. The number of carbonyl (C=O) groups is 1. The molecule has 3 aromatic heterocycles. The zero-order chi connectivity index (χ0) is 16.4. The summed E-state index contributed by atoms with van der Waals surface area (Å²) in [7, 11) is 0. The maximum absolute atomic E-state index is 12.4. The van der Waals surface area contributed by atoms with Gasteiger partial charge in [0.1, 0.15) is 5.69 Å². The van der Waals surface area contributed by atoms with Gasteiger partial charge in [0.25, 0.3) is 0 Å². The van der Waals surface area contributed by atoms with Crippen molar-refractivity contribution in [2.75, 3.05) is 6.54 Å². The SMILES string of the molecule is O=C(CCc1nc(-c2ccccn2)no1)N1CCc2sccc2C1. The summed E-state index contributed by atoms with van der Waals surface area (Å²) in [4.78, 5) is 24.2. The van der Waals surface area contributed by atoms with Gasteiger partial charge >= 0.3 is 0 Å². The second-order valence-electron chi connectivity index (χ2n) is 5.66. The summed E-state index contributed by atoms with van der Waals surface area (Å²) >= 11 is 1.77. The molecule has 6 nitrogen and oxygen atoms in total. The van der Waals surface area contributed by atoms with E-state index in [-0.39, 0.29) is 5.91 Å². The second-order valence-corrected chi connectivity index (χ2v) is 6.66. The van der Waals surface area contributed by atoms with Gasteiger partial charge in [-0.2, -0.15) is 4.98 Å². The minimum atomic E-state index is 0.129. The van der Waals surface area contributed by atoms with Gasteiger partial charge in [-0.15, -0.1) is 11.3 Å². The average molecular weight is 340 g/mol. The van der Waals surface area contributed by atoms with Crippen LogP contribution in [-0.4, -0.2) is 32.5 Å². The van der Waals surface area contributed by atoms with Crippen molar-refractivity contribution in [1.82, 2.24) is 20.0 Å². The third-order valence-electron chi connectivity index (χ3n) is 4.08. The van der Waals surface area contributed by atoms with E-state index in [0.29, 0.717) is 36.8 Å². The van der Waals surface area contributed by atoms with Gasteiger partial charge in [0, 0.05) is 37.0 Å². The Hall–Kier alpha value is -2.54. The molecule has 0 bridgehead atoms. The molecule has 0 aromatic carbocycles. The van der Waals surface area contributed by atoms with Crippen LogP contribution in [0.25, 0.3) is 11.5 Å². The third-order valence-corrected chi connectivity index (χ3v) is 5.10. The largest absolute Gasteiger partial charge is 0.339 e. The third kappa shape index (κ3) is 3.07. The van der Waals surface area contributed by atoms with Crippen molar-refractivity contribution < 1.29 is 9.32 Å². The number of carbonyl (C=O) groups excluding carboxylic acids is 1. The first-order valence-electron chi connectivity index (χ1n) is 7.86. The number of aromatic nitrogens is 3. The van der Waals surface area contributed by atoms with Gasteiger partial charge in [0.05, 0.1) is 0 Å². The molecule has 0 fully saturated rings. The molecule has 1 aliphatic rings. The van der Waals surface area contributed by atoms with Crippen LogP contribution in [0.1, 0.15) is 22.8 Å². The molecule has 4 rings (SSSR count). The second kappa shape index (κ2) is 6.52. The number of amides is 1. The fourth-order valence-electron chi connectivity index (χ4n) is 2.79. The molecule has 0 atom stereocenters. The van der Waals surface area contributed by atoms with Crippen molar-refractivity contribution in [3.63, 3.8) is 0 Å². The fourth-order valence-corrected chi connectivity index (χ4v) is 3.68. The van der Waals surface area contributed by atoms with E-state index in [9.17, 15) is 4.79 Å². The van der Waals surface area contributed by atoms with Gasteiger partial charge in [-0.25, -0.2) is 0 Å². The Balaban J connectivity index is 1.36. The van der Waals surface area contributed by atoms with Crippen LogP contribution in [0.15, 0.2) is 40.4 Å². The molecule has 24 heavy (non-hydrogen) atoms. The summed E-state index contributed by atoms with van der Waals surface area (Å²) < 4.78 is 5.23. The Labute approximate surface area is 143 Å². The molecule has 0 N–H and O–H groups in total. The molecule has 0 aliphatic carbocycles. The molecule has 0 radical (unpaired) electrons. The lowest BCUT2D eigenvalue weighted by Crippen LogP contribution is -2.35. The van der Waals surface area contributed by atoms with Crippen molar-refractivity contribution in [1.29, 1.82) is 0 Å². The zero-order valence-electron chi connectivity index (χ0n) is 13.0. The number of rotatable bonds is 4. The van der Waals surface area contributed by atoms with E-state index < -0.39 is 0 Å². The predicted molar refractivity (Wildman–Crippen MR) is 89.3 cm³/mol. The highest BCUT2D eigenvalue weighted by Crippen LogP contribution is 2.24. The first-order chi connectivity index (χ1) is 11.8. The average Bonchev–Trinajstić information content (AvgIpc) is 3.29. The number of hydrogen-bond acceptors (Lipinski definition) is 6. The van der Waals surface area contributed by atoms with Crippen molar-refractivity contribution in [2.24, 2.45) is 0 Å². The highest BCUT2D eigenvalue weighted by Gasteiger charge is 2.22. The Morgan fingerprint density at radius 3 is 3.17 bits per heavy atom. The molecular formula is C17H16N4O2S. The molecule has 122 valence electrons. The lowest BCUT2D eigenvalue weighted by Gasteiger charge is -2.26. The summed E-state index contributed by atoms with van der Waals surface area (Å²) in [5, 5.41) is 6.02. The minimum absolute atomic E-state index is 0.129. The molecule has 0 saturated heterocycles. The Bertz CT molecular complexity index is 843. The molecule has 0 unspecified atom stereocenters. The van der Waals surface area contributed by atoms with Gasteiger partial charge in [-0.1, -0.05) is 11.2 Å². The number of fused-ring (bicyclic) bond motifs is 1. The molecule has 0 saturated carbocycles. The quantitative estimate of drug-likeness (QED) is 0.730. The number of aryl methyl sites for hydroxylation is 1. The number of pyridine rings is 1. The highest BCUT2D eigenvalue weighted by atomic mass is 32.1. The van der Waals surface area contributed by atoms with Gasteiger partial charge in [-0.05, 0) is 35.6 Å². The van der Waals surface area contributed by atoms with E-state index in [2.05, 4.69) is 26.6 Å². The van der Waals surface area contributed by atoms with Gasteiger partial charge < -0.3 is 9.42 Å². The standard InChI is InChI=1S/C17H16N4O2S/c22-16(21-9-6-14-12(11-21)7-10-24-14)5-4-15-19-17(20-23-15)13-3-1-2-8-18-13/h1-3,7-8,10H,4-6,9,11H2. The summed E-state index contributed by atoms with van der Waals surface area (Å²) in [6.07, 6.45) is 3.46. The fraction of sp³-hybridized carbons (Fsp3) is 0.294. The van der Waals surface area contributed by atoms with E-state index in [0.717, 1.165) is 13.0 Å². The summed E-state index contributed by atoms with van der Waals surface area (Å²) in [6.45, 7) is 1.50. The smallest absolute Gasteiger partial charge is 0.227 e. The van der Waals surface area contributed by atoms with Gasteiger partial charge in [0.2, 0.25) is 17.6 Å². The predicted octanol–water partition coefficient (Wildman–Crippen LogP) is 2.71. The topological polar surface area (TPSA) is 72.1 Å². The lowest BCUT2D eigenvalue weighted by molar-refractivity contribution is -0.132. The van der Waals surface area contributed by atoms with E-state index in [4.69, 9.17) is 4.52 Å². The lowest BCUT2D eigenvalue weighted by atomic mass is 10.1. The Morgan fingerprint density at radius 1 is 1.33 bits per heavy atom. The van der Waals surface area contributed by atoms with Crippen molar-refractivity contribution >= 4 is 17.2 Å². The normalized spacial score (nSPS) is 13.8. The van der Waals surface area contributed by atoms with Crippen LogP contribution in [0.2, 0.25) is 0 Å². The molecule has 1 amide bonds. The van der Waals surface area contributed by atoms with E-state index in [1.807, 2.05) is 23.1 Å². The number of hydrogen-bond donors (Lipinski definition) is 0. The maximum atomic E-state index is 12.4. The van der Waals surface area contributed by atoms with Gasteiger partial charge in [0.15, 0.2) is 0 Å². The van der Waals surface area contributed by atoms with Crippen LogP contribution in [-0.2, 0) is 24.2 Å². The van der Waals surface area contributed by atoms with E-state index in [1.54, 1.807) is 17.5 Å². The zero-order valence-corrected chi connectivity index (χ0v) is 13.8. The van der Waals surface area contributed by atoms with Crippen molar-refractivity contribution in [3.8, 4) is 11.5 Å². The molecule has 4 heterocycles. The van der Waals surface area contributed by atoms with Crippen LogP contribution in [0.4, 0.5) is 0 Å². The first-order valence-corrected chi connectivity index (χ1v) is 8.74. The summed E-state index contributed by atoms with van der Waals surface area (Å²) in [6, 6.07) is 7.64.